The maximum Gasteiger partial charge on any atom is 0.228 e. The van der Waals surface area contributed by atoms with Gasteiger partial charge in [0, 0.05) is 11.4 Å². The van der Waals surface area contributed by atoms with Gasteiger partial charge in [-0.2, -0.15) is 11.3 Å². The molecule has 0 atom stereocenters. The molecule has 1 amide bonds. The summed E-state index contributed by atoms with van der Waals surface area (Å²) in [4.78, 5) is 11.9. The van der Waals surface area contributed by atoms with Crippen molar-refractivity contribution in [1.82, 2.24) is 0 Å². The molecule has 0 fully saturated rings. The molecule has 3 nitrogen and oxygen atoms in total. The van der Waals surface area contributed by atoms with Crippen molar-refractivity contribution in [2.45, 2.75) is 20.3 Å². The van der Waals surface area contributed by atoms with Crippen LogP contribution in [0, 0.1) is 13.8 Å². The number of benzene rings is 1. The first-order valence-corrected chi connectivity index (χ1v) is 6.68. The fraction of sp³-hybridized carbons (Fsp3) is 0.214. The molecule has 18 heavy (non-hydrogen) atoms. The predicted molar refractivity (Wildman–Crippen MR) is 77.0 cm³/mol. The number of rotatable bonds is 3. The molecular formula is C14H16N2OS. The summed E-state index contributed by atoms with van der Waals surface area (Å²) in [5.41, 5.74) is 10.4. The van der Waals surface area contributed by atoms with E-state index in [1.165, 1.54) is 0 Å². The van der Waals surface area contributed by atoms with E-state index in [2.05, 4.69) is 5.32 Å². The number of amides is 1. The molecule has 0 spiro atoms. The van der Waals surface area contributed by atoms with Crippen LogP contribution in [0.4, 0.5) is 11.4 Å². The summed E-state index contributed by atoms with van der Waals surface area (Å²) in [7, 11) is 0. The molecule has 94 valence electrons. The summed E-state index contributed by atoms with van der Waals surface area (Å²) >= 11 is 1.60. The molecule has 1 heterocycles. The lowest BCUT2D eigenvalue weighted by Crippen LogP contribution is -2.15. The molecule has 0 saturated heterocycles. The van der Waals surface area contributed by atoms with Gasteiger partial charge in [-0.15, -0.1) is 0 Å². The predicted octanol–water partition coefficient (Wildman–Crippen LogP) is 3.13. The lowest BCUT2D eigenvalue weighted by Gasteiger charge is -2.11. The van der Waals surface area contributed by atoms with Gasteiger partial charge in [0.25, 0.3) is 0 Å². The van der Waals surface area contributed by atoms with Gasteiger partial charge in [0.2, 0.25) is 5.91 Å². The Balaban J connectivity index is 2.09. The first-order chi connectivity index (χ1) is 8.56. The van der Waals surface area contributed by atoms with Crippen molar-refractivity contribution in [3.63, 3.8) is 0 Å². The number of hydrogen-bond acceptors (Lipinski definition) is 3. The Hall–Kier alpha value is -1.81. The molecule has 3 N–H and O–H groups in total. The van der Waals surface area contributed by atoms with Crippen LogP contribution in [-0.2, 0) is 11.2 Å². The van der Waals surface area contributed by atoms with Gasteiger partial charge >= 0.3 is 0 Å². The topological polar surface area (TPSA) is 55.1 Å². The zero-order valence-corrected chi connectivity index (χ0v) is 11.3. The molecule has 2 rings (SSSR count). The molecule has 0 aliphatic heterocycles. The Labute approximate surface area is 111 Å². The highest BCUT2D eigenvalue weighted by atomic mass is 32.1. The smallest absolute Gasteiger partial charge is 0.228 e. The van der Waals surface area contributed by atoms with Crippen LogP contribution in [0.15, 0.2) is 29.0 Å². The van der Waals surface area contributed by atoms with E-state index in [0.717, 1.165) is 28.1 Å². The number of nitrogen functional groups attached to an aromatic ring is 1. The van der Waals surface area contributed by atoms with E-state index in [1.807, 2.05) is 42.8 Å². The van der Waals surface area contributed by atoms with Crippen molar-refractivity contribution < 1.29 is 4.79 Å². The van der Waals surface area contributed by atoms with Crippen LogP contribution in [0.3, 0.4) is 0 Å². The monoisotopic (exact) mass is 260 g/mol. The van der Waals surface area contributed by atoms with Crippen molar-refractivity contribution in [2.75, 3.05) is 11.1 Å². The summed E-state index contributed by atoms with van der Waals surface area (Å²) in [5.74, 6) is 0.000622. The maximum absolute atomic E-state index is 11.9. The van der Waals surface area contributed by atoms with Crippen molar-refractivity contribution in [3.05, 3.63) is 45.6 Å². The van der Waals surface area contributed by atoms with Gasteiger partial charge in [-0.05, 0) is 59.5 Å². The molecule has 0 saturated carbocycles. The van der Waals surface area contributed by atoms with Crippen molar-refractivity contribution in [3.8, 4) is 0 Å². The van der Waals surface area contributed by atoms with E-state index < -0.39 is 0 Å². The van der Waals surface area contributed by atoms with E-state index >= 15 is 0 Å². The van der Waals surface area contributed by atoms with E-state index in [4.69, 9.17) is 5.73 Å². The average Bonchev–Trinajstić information content (AvgIpc) is 2.78. The Bertz CT molecular complexity index is 561. The zero-order chi connectivity index (χ0) is 13.1. The summed E-state index contributed by atoms with van der Waals surface area (Å²) in [6.07, 6.45) is 0.409. The van der Waals surface area contributed by atoms with Crippen LogP contribution in [0.1, 0.15) is 16.7 Å². The number of carbonyl (C=O) groups excluding carboxylic acids is 1. The van der Waals surface area contributed by atoms with Gasteiger partial charge < -0.3 is 11.1 Å². The summed E-state index contributed by atoms with van der Waals surface area (Å²) < 4.78 is 0. The highest BCUT2D eigenvalue weighted by Crippen LogP contribution is 2.22. The summed E-state index contributed by atoms with van der Waals surface area (Å²) in [6.45, 7) is 3.87. The second kappa shape index (κ2) is 5.23. The number of nitrogens with one attached hydrogen (secondary N) is 1. The third kappa shape index (κ3) is 2.90. The van der Waals surface area contributed by atoms with Gasteiger partial charge in [0.05, 0.1) is 6.42 Å². The van der Waals surface area contributed by atoms with Gasteiger partial charge in [-0.3, -0.25) is 4.79 Å². The number of nitrogens with two attached hydrogens (primary N) is 1. The number of carbonyl (C=O) groups is 1. The average molecular weight is 260 g/mol. The molecule has 0 bridgehead atoms. The van der Waals surface area contributed by atoms with Crippen LogP contribution in [-0.4, -0.2) is 5.91 Å². The van der Waals surface area contributed by atoms with Crippen LogP contribution in [0.25, 0.3) is 0 Å². The van der Waals surface area contributed by atoms with Crippen molar-refractivity contribution in [2.24, 2.45) is 0 Å². The Morgan fingerprint density at radius 3 is 2.78 bits per heavy atom. The van der Waals surface area contributed by atoms with E-state index in [0.29, 0.717) is 6.42 Å². The lowest BCUT2D eigenvalue weighted by atomic mass is 10.1. The van der Waals surface area contributed by atoms with Crippen molar-refractivity contribution >= 4 is 28.6 Å². The molecule has 0 aliphatic carbocycles. The first kappa shape index (κ1) is 12.6. The van der Waals surface area contributed by atoms with E-state index in [1.54, 1.807) is 11.3 Å². The van der Waals surface area contributed by atoms with E-state index in [-0.39, 0.29) is 5.91 Å². The highest BCUT2D eigenvalue weighted by Gasteiger charge is 2.07. The minimum absolute atomic E-state index is 0.000622. The largest absolute Gasteiger partial charge is 0.399 e. The first-order valence-electron chi connectivity index (χ1n) is 5.74. The second-order valence-corrected chi connectivity index (χ2v) is 5.16. The molecule has 2 aromatic rings. The fourth-order valence-electron chi connectivity index (χ4n) is 1.75. The zero-order valence-electron chi connectivity index (χ0n) is 10.5. The summed E-state index contributed by atoms with van der Waals surface area (Å²) in [5, 5.41) is 6.89. The third-order valence-corrected chi connectivity index (χ3v) is 3.56. The number of hydrogen-bond donors (Lipinski definition) is 2. The maximum atomic E-state index is 11.9. The van der Waals surface area contributed by atoms with Gasteiger partial charge in [0.15, 0.2) is 0 Å². The molecular weight excluding hydrogens is 244 g/mol. The normalized spacial score (nSPS) is 10.3. The molecule has 1 aromatic carbocycles. The molecule has 0 radical (unpaired) electrons. The SMILES string of the molecule is Cc1cc(NC(=O)Cc2ccsc2)c(C)cc1N. The van der Waals surface area contributed by atoms with Gasteiger partial charge in [-0.1, -0.05) is 0 Å². The Kier molecular flexibility index (Phi) is 3.67. The minimum atomic E-state index is 0.000622. The summed E-state index contributed by atoms with van der Waals surface area (Å²) in [6, 6.07) is 5.76. The van der Waals surface area contributed by atoms with Gasteiger partial charge in [0.1, 0.15) is 0 Å². The van der Waals surface area contributed by atoms with Crippen LogP contribution >= 0.6 is 11.3 Å². The van der Waals surface area contributed by atoms with Crippen LogP contribution in [0.5, 0.6) is 0 Å². The Morgan fingerprint density at radius 1 is 1.33 bits per heavy atom. The third-order valence-electron chi connectivity index (χ3n) is 2.83. The standard InChI is InChI=1S/C14H16N2OS/c1-9-6-13(10(2)5-12(9)15)16-14(17)7-11-3-4-18-8-11/h3-6,8H,7,15H2,1-2H3,(H,16,17). The second-order valence-electron chi connectivity index (χ2n) is 4.38. The lowest BCUT2D eigenvalue weighted by molar-refractivity contribution is -0.115. The van der Waals surface area contributed by atoms with Crippen LogP contribution in [0.2, 0.25) is 0 Å². The van der Waals surface area contributed by atoms with Crippen molar-refractivity contribution in [1.29, 1.82) is 0 Å². The number of thiophene rings is 1. The Morgan fingerprint density at radius 2 is 2.11 bits per heavy atom. The molecule has 0 aliphatic rings. The quantitative estimate of drug-likeness (QED) is 0.833. The minimum Gasteiger partial charge on any atom is -0.399 e. The number of aryl methyl sites for hydroxylation is 2. The van der Waals surface area contributed by atoms with Gasteiger partial charge in [-0.25, -0.2) is 0 Å². The fourth-order valence-corrected chi connectivity index (χ4v) is 2.41. The highest BCUT2D eigenvalue weighted by molar-refractivity contribution is 7.08. The van der Waals surface area contributed by atoms with E-state index in [9.17, 15) is 4.79 Å². The van der Waals surface area contributed by atoms with Crippen LogP contribution < -0.4 is 11.1 Å². The number of anilines is 2. The molecule has 0 unspecified atom stereocenters. The molecule has 4 heteroatoms. The molecule has 1 aromatic heterocycles.